The minimum Gasteiger partial charge on any atom is -0.496 e. The van der Waals surface area contributed by atoms with Crippen LogP contribution in [0.15, 0.2) is 47.4 Å². The smallest absolute Gasteiger partial charge is 0.316 e. The number of rotatable bonds is 10. The predicted octanol–water partition coefficient (Wildman–Crippen LogP) is 4.33. The first-order valence-electron chi connectivity index (χ1n) is 12.1. The SMILES string of the molecule is COc1cccc(OC)c1COc1c(N2CC[SH](=O)(CCCF)CC2)cnn(-c2cc(Cl)cc(Cl)c2)c1=O. The van der Waals surface area contributed by atoms with Crippen molar-refractivity contribution >= 4 is 38.8 Å². The fourth-order valence-corrected chi connectivity index (χ4v) is 7.59. The average molecular weight is 587 g/mol. The van der Waals surface area contributed by atoms with E-state index in [2.05, 4.69) is 5.10 Å². The number of ether oxygens (including phenoxy) is 3. The van der Waals surface area contributed by atoms with E-state index < -0.39 is 22.2 Å². The van der Waals surface area contributed by atoms with E-state index in [1.165, 1.54) is 4.68 Å². The number of thiol groups is 1. The predicted molar refractivity (Wildman–Crippen MR) is 151 cm³/mol. The van der Waals surface area contributed by atoms with Crippen molar-refractivity contribution in [2.75, 3.05) is 56.1 Å². The van der Waals surface area contributed by atoms with Crippen molar-refractivity contribution in [3.05, 3.63) is 68.6 Å². The molecule has 3 aromatic rings. The maximum Gasteiger partial charge on any atom is 0.316 e. The third-order valence-corrected chi connectivity index (χ3v) is 10.1. The first-order valence-corrected chi connectivity index (χ1v) is 15.1. The Labute approximate surface area is 231 Å². The van der Waals surface area contributed by atoms with Crippen LogP contribution in [0, 0.1) is 0 Å². The molecule has 0 saturated carbocycles. The van der Waals surface area contributed by atoms with Crippen molar-refractivity contribution in [2.45, 2.75) is 13.0 Å². The molecule has 206 valence electrons. The molecular formula is C26H30Cl2FN3O5S. The van der Waals surface area contributed by atoms with Crippen LogP contribution in [0.1, 0.15) is 12.0 Å². The molecule has 1 saturated heterocycles. The number of benzene rings is 2. The monoisotopic (exact) mass is 585 g/mol. The van der Waals surface area contributed by atoms with Gasteiger partial charge in [-0.25, -0.2) is 0 Å². The first kappa shape index (κ1) is 28.2. The summed E-state index contributed by atoms with van der Waals surface area (Å²) in [5, 5.41) is 5.08. The van der Waals surface area contributed by atoms with Crippen molar-refractivity contribution in [3.8, 4) is 22.9 Å². The quantitative estimate of drug-likeness (QED) is 0.354. The highest BCUT2D eigenvalue weighted by Gasteiger charge is 2.28. The highest BCUT2D eigenvalue weighted by atomic mass is 35.5. The average Bonchev–Trinajstić information content (AvgIpc) is 2.91. The number of anilines is 1. The van der Waals surface area contributed by atoms with Crippen LogP contribution in [0.2, 0.25) is 10.0 Å². The van der Waals surface area contributed by atoms with Crippen LogP contribution in [-0.2, 0) is 16.5 Å². The maximum absolute atomic E-state index is 13.8. The molecule has 38 heavy (non-hydrogen) atoms. The molecule has 8 nitrogen and oxygen atoms in total. The van der Waals surface area contributed by atoms with Gasteiger partial charge in [-0.2, -0.15) is 9.78 Å². The number of aromatic nitrogens is 2. The summed E-state index contributed by atoms with van der Waals surface area (Å²) in [6, 6.07) is 10.1. The van der Waals surface area contributed by atoms with E-state index in [0.717, 1.165) is 0 Å². The zero-order chi connectivity index (χ0) is 27.3. The Bertz CT molecular complexity index is 1350. The number of hydrogen-bond donors (Lipinski definition) is 1. The van der Waals surface area contributed by atoms with Crippen LogP contribution in [0.3, 0.4) is 0 Å². The summed E-state index contributed by atoms with van der Waals surface area (Å²) < 4.78 is 44.1. The molecular weight excluding hydrogens is 556 g/mol. The molecule has 0 radical (unpaired) electrons. The van der Waals surface area contributed by atoms with Crippen molar-refractivity contribution in [3.63, 3.8) is 0 Å². The van der Waals surface area contributed by atoms with Gasteiger partial charge in [0.25, 0.3) is 0 Å². The second-order valence-electron chi connectivity index (χ2n) is 8.89. The normalized spacial score (nSPS) is 15.7. The number of methoxy groups -OCH3 is 2. The molecule has 1 aliphatic rings. The van der Waals surface area contributed by atoms with Gasteiger partial charge in [-0.05, 0) is 36.8 Å². The van der Waals surface area contributed by atoms with E-state index in [9.17, 15) is 13.4 Å². The van der Waals surface area contributed by atoms with E-state index in [-0.39, 0.29) is 12.4 Å². The van der Waals surface area contributed by atoms with E-state index in [4.69, 9.17) is 37.4 Å². The Morgan fingerprint density at radius 3 is 2.26 bits per heavy atom. The Morgan fingerprint density at radius 1 is 1.05 bits per heavy atom. The molecule has 1 fully saturated rings. The summed E-state index contributed by atoms with van der Waals surface area (Å²) in [5.74, 6) is 2.41. The Balaban J connectivity index is 1.73. The molecule has 0 amide bonds. The summed E-state index contributed by atoms with van der Waals surface area (Å²) >= 11 is 12.3. The van der Waals surface area contributed by atoms with Crippen LogP contribution in [0.5, 0.6) is 17.2 Å². The lowest BCUT2D eigenvalue weighted by atomic mass is 10.2. The number of hydrogen-bond acceptors (Lipinski definition) is 7. The zero-order valence-corrected chi connectivity index (χ0v) is 23.6. The minimum absolute atomic E-state index is 0.0153. The molecule has 0 spiro atoms. The number of halogens is 3. The third-order valence-electron chi connectivity index (χ3n) is 6.49. The van der Waals surface area contributed by atoms with Crippen molar-refractivity contribution in [1.82, 2.24) is 9.78 Å². The van der Waals surface area contributed by atoms with E-state index in [1.54, 1.807) is 56.8 Å². The van der Waals surface area contributed by atoms with Gasteiger partial charge in [0.15, 0.2) is 0 Å². The molecule has 0 atom stereocenters. The summed E-state index contributed by atoms with van der Waals surface area (Å²) in [6.45, 7) is 0.379. The number of alkyl halides is 1. The molecule has 0 bridgehead atoms. The van der Waals surface area contributed by atoms with Gasteiger partial charge >= 0.3 is 5.56 Å². The van der Waals surface area contributed by atoms with Gasteiger partial charge in [-0.3, -0.25) is 13.4 Å². The molecule has 0 aliphatic carbocycles. The van der Waals surface area contributed by atoms with Crippen molar-refractivity contribution in [1.29, 1.82) is 0 Å². The summed E-state index contributed by atoms with van der Waals surface area (Å²) in [7, 11) is 0.629. The van der Waals surface area contributed by atoms with Crippen LogP contribution < -0.4 is 24.7 Å². The zero-order valence-electron chi connectivity index (χ0n) is 21.2. The van der Waals surface area contributed by atoms with E-state index in [1.807, 2.05) is 4.90 Å². The molecule has 2 aromatic carbocycles. The Morgan fingerprint density at radius 2 is 1.68 bits per heavy atom. The lowest BCUT2D eigenvalue weighted by Crippen LogP contribution is -2.46. The van der Waals surface area contributed by atoms with Crippen LogP contribution >= 0.6 is 23.2 Å². The van der Waals surface area contributed by atoms with Crippen LogP contribution in [0.4, 0.5) is 10.1 Å². The lowest BCUT2D eigenvalue weighted by molar-refractivity contribution is 0.281. The molecule has 1 aliphatic heterocycles. The second-order valence-corrected chi connectivity index (χ2v) is 13.2. The summed E-state index contributed by atoms with van der Waals surface area (Å²) in [4.78, 5) is 15.7. The van der Waals surface area contributed by atoms with Crippen LogP contribution in [-0.4, -0.2) is 65.2 Å². The lowest BCUT2D eigenvalue weighted by Gasteiger charge is -2.37. The molecule has 4 rings (SSSR count). The molecule has 0 N–H and O–H groups in total. The fraction of sp³-hybridized carbons (Fsp3) is 0.385. The maximum atomic E-state index is 13.8. The topological polar surface area (TPSA) is 82.9 Å². The van der Waals surface area contributed by atoms with Crippen molar-refractivity contribution < 1.29 is 22.8 Å². The largest absolute Gasteiger partial charge is 0.496 e. The molecule has 12 heteroatoms. The molecule has 2 heterocycles. The van der Waals surface area contributed by atoms with Gasteiger partial charge in [0.1, 0.15) is 23.8 Å². The highest BCUT2D eigenvalue weighted by molar-refractivity contribution is 8.03. The van der Waals surface area contributed by atoms with Crippen LogP contribution in [0.25, 0.3) is 5.69 Å². The van der Waals surface area contributed by atoms with Crippen molar-refractivity contribution in [2.24, 2.45) is 0 Å². The van der Waals surface area contributed by atoms with Gasteiger partial charge in [-0.1, -0.05) is 29.3 Å². The Kier molecular flexibility index (Phi) is 9.17. The van der Waals surface area contributed by atoms with Gasteiger partial charge in [-0.15, -0.1) is 9.93 Å². The van der Waals surface area contributed by atoms with Gasteiger partial charge < -0.3 is 19.1 Å². The van der Waals surface area contributed by atoms with Gasteiger partial charge in [0.05, 0.1) is 38.3 Å². The summed E-state index contributed by atoms with van der Waals surface area (Å²) in [6.07, 6.45) is 1.84. The van der Waals surface area contributed by atoms with E-state index in [0.29, 0.717) is 75.3 Å². The first-order chi connectivity index (χ1) is 18.3. The second kappa shape index (κ2) is 12.4. The highest BCUT2D eigenvalue weighted by Crippen LogP contribution is 2.32. The van der Waals surface area contributed by atoms with Gasteiger partial charge in [0.2, 0.25) is 5.75 Å². The minimum atomic E-state index is -2.46. The van der Waals surface area contributed by atoms with Gasteiger partial charge in [0, 0.05) is 40.4 Å². The standard InChI is InChI=1S/C26H30Cl2FN3O5S/c1-35-23-5-3-6-24(36-2)21(23)17-37-25-22(31-8-11-38(34,12-9-31)10-4-7-29)16-30-32(26(25)33)20-14-18(27)13-19(28)15-20/h3,5-6,13-16,38H,4,7-12,17H2,1-2H3. The molecule has 0 unspecified atom stereocenters. The fourth-order valence-electron chi connectivity index (χ4n) is 4.49. The third kappa shape index (κ3) is 6.24. The Hall–Kier alpha value is -2.82. The molecule has 1 aromatic heterocycles. The number of nitrogens with zero attached hydrogens (tertiary/aromatic N) is 3. The summed E-state index contributed by atoms with van der Waals surface area (Å²) in [5.41, 5.74) is 0.977. The van der Waals surface area contributed by atoms with E-state index >= 15 is 0 Å².